The largest absolute Gasteiger partial charge is 0.471 e. The number of nitrogens with one attached hydrogen (secondary N) is 1. The number of benzene rings is 2. The number of likely N-dealkylation sites (tertiary alicyclic amines) is 1. The summed E-state index contributed by atoms with van der Waals surface area (Å²) in [4.78, 5) is 18.2. The van der Waals surface area contributed by atoms with Crippen LogP contribution in [0.5, 0.6) is 0 Å². The van der Waals surface area contributed by atoms with Crippen molar-refractivity contribution in [2.75, 3.05) is 13.1 Å². The highest BCUT2D eigenvalue weighted by atomic mass is 19.4. The first-order chi connectivity index (χ1) is 14.8. The maximum absolute atomic E-state index is 12.6. The van der Waals surface area contributed by atoms with Gasteiger partial charge in [-0.25, -0.2) is 0 Å². The first-order valence-electron chi connectivity index (χ1n) is 9.88. The highest BCUT2D eigenvalue weighted by molar-refractivity contribution is 5.94. The minimum atomic E-state index is -4.69. The van der Waals surface area contributed by atoms with E-state index in [1.165, 1.54) is 35.4 Å². The van der Waals surface area contributed by atoms with E-state index in [2.05, 4.69) is 43.9 Å². The second-order valence-corrected chi connectivity index (χ2v) is 7.62. The van der Waals surface area contributed by atoms with Gasteiger partial charge in [-0.1, -0.05) is 41.6 Å². The van der Waals surface area contributed by atoms with E-state index in [4.69, 9.17) is 0 Å². The summed E-state index contributed by atoms with van der Waals surface area (Å²) in [6.45, 7) is 4.60. The first-order valence-corrected chi connectivity index (χ1v) is 9.88. The third-order valence-corrected chi connectivity index (χ3v) is 5.34. The number of amides is 1. The fraction of sp³-hybridized carbons (Fsp3) is 0.318. The van der Waals surface area contributed by atoms with Gasteiger partial charge in [0.1, 0.15) is 0 Å². The molecule has 4 rings (SSSR count). The van der Waals surface area contributed by atoms with Crippen LogP contribution in [0.4, 0.5) is 13.2 Å². The van der Waals surface area contributed by atoms with Crippen LogP contribution in [0.15, 0.2) is 53.1 Å². The summed E-state index contributed by atoms with van der Waals surface area (Å²) in [5.74, 6) is -1.80. The summed E-state index contributed by atoms with van der Waals surface area (Å²) in [5.41, 5.74) is 3.28. The van der Waals surface area contributed by atoms with Crippen LogP contribution in [0.2, 0.25) is 0 Å². The Balaban J connectivity index is 1.34. The third kappa shape index (κ3) is 4.93. The van der Waals surface area contributed by atoms with E-state index in [1.807, 2.05) is 12.1 Å². The van der Waals surface area contributed by atoms with Gasteiger partial charge in [-0.2, -0.15) is 18.2 Å². The molecule has 1 N–H and O–H groups in total. The Bertz CT molecular complexity index is 1060. The molecule has 162 valence electrons. The second kappa shape index (κ2) is 8.50. The molecule has 0 spiro atoms. The number of halogens is 3. The number of aryl methyl sites for hydroxylation is 1. The monoisotopic (exact) mass is 430 g/mol. The van der Waals surface area contributed by atoms with Crippen LogP contribution >= 0.6 is 0 Å². The molecule has 1 amide bonds. The normalized spacial score (nSPS) is 17.1. The Hall–Kier alpha value is -3.20. The fourth-order valence-electron chi connectivity index (χ4n) is 3.62. The van der Waals surface area contributed by atoms with Crippen molar-refractivity contribution in [2.45, 2.75) is 32.1 Å². The summed E-state index contributed by atoms with van der Waals surface area (Å²) >= 11 is 0. The molecule has 1 aliphatic rings. The smallest absolute Gasteiger partial charge is 0.348 e. The number of hydrogen-bond donors (Lipinski definition) is 1. The highest BCUT2D eigenvalue weighted by Crippen LogP contribution is 2.29. The van der Waals surface area contributed by atoms with Gasteiger partial charge in [0.2, 0.25) is 5.82 Å². The third-order valence-electron chi connectivity index (χ3n) is 5.34. The van der Waals surface area contributed by atoms with Crippen molar-refractivity contribution in [3.8, 4) is 11.4 Å². The van der Waals surface area contributed by atoms with Crippen molar-refractivity contribution in [1.29, 1.82) is 0 Å². The number of nitrogens with zero attached hydrogens (tertiary/aromatic N) is 3. The van der Waals surface area contributed by atoms with E-state index >= 15 is 0 Å². The van der Waals surface area contributed by atoms with Gasteiger partial charge in [0, 0.05) is 36.8 Å². The molecule has 3 aromatic rings. The quantitative estimate of drug-likeness (QED) is 0.661. The van der Waals surface area contributed by atoms with Crippen LogP contribution in [0.1, 0.15) is 33.8 Å². The van der Waals surface area contributed by atoms with Gasteiger partial charge in [-0.3, -0.25) is 9.69 Å². The summed E-state index contributed by atoms with van der Waals surface area (Å²) in [5, 5.41) is 6.38. The molecule has 1 atom stereocenters. The maximum Gasteiger partial charge on any atom is 0.471 e. The molecule has 0 aliphatic carbocycles. The predicted octanol–water partition coefficient (Wildman–Crippen LogP) is 4.07. The van der Waals surface area contributed by atoms with Crippen LogP contribution < -0.4 is 5.32 Å². The Kier molecular flexibility index (Phi) is 5.77. The Labute approximate surface area is 177 Å². The molecular weight excluding hydrogens is 409 g/mol. The van der Waals surface area contributed by atoms with Crippen molar-refractivity contribution < 1.29 is 22.5 Å². The molecule has 31 heavy (non-hydrogen) atoms. The zero-order valence-corrected chi connectivity index (χ0v) is 16.8. The van der Waals surface area contributed by atoms with Crippen molar-refractivity contribution >= 4 is 5.91 Å². The molecule has 1 fully saturated rings. The standard InChI is InChI=1S/C22H21F3N4O2/c1-14-4-2-3-5-17(14)12-29-11-10-18(13-29)26-20(30)16-8-6-15(7-9-16)19-27-21(31-28-19)22(23,24)25/h2-9,18H,10-13H2,1H3,(H,26,30)/t18-/m0/s1. The summed E-state index contributed by atoms with van der Waals surface area (Å²) in [7, 11) is 0. The minimum absolute atomic E-state index is 0.0442. The van der Waals surface area contributed by atoms with Crippen LogP contribution in [-0.2, 0) is 12.7 Å². The van der Waals surface area contributed by atoms with Crippen LogP contribution in [0.3, 0.4) is 0 Å². The average molecular weight is 430 g/mol. The molecule has 1 aromatic heterocycles. The van der Waals surface area contributed by atoms with E-state index < -0.39 is 12.1 Å². The number of rotatable bonds is 5. The van der Waals surface area contributed by atoms with Gasteiger partial charge in [0.15, 0.2) is 0 Å². The van der Waals surface area contributed by atoms with Gasteiger partial charge in [-0.15, -0.1) is 0 Å². The molecule has 1 saturated heterocycles. The number of alkyl halides is 3. The highest BCUT2D eigenvalue weighted by Gasteiger charge is 2.38. The lowest BCUT2D eigenvalue weighted by Gasteiger charge is -2.18. The maximum atomic E-state index is 12.6. The molecule has 2 aromatic carbocycles. The minimum Gasteiger partial charge on any atom is -0.348 e. The molecule has 1 aliphatic heterocycles. The Morgan fingerprint density at radius 2 is 1.94 bits per heavy atom. The van der Waals surface area contributed by atoms with E-state index in [0.717, 1.165) is 26.1 Å². The molecule has 6 nitrogen and oxygen atoms in total. The molecule has 2 heterocycles. The summed E-state index contributed by atoms with van der Waals surface area (Å²) in [6, 6.07) is 14.4. The van der Waals surface area contributed by atoms with Gasteiger partial charge >= 0.3 is 12.1 Å². The van der Waals surface area contributed by atoms with Crippen molar-refractivity contribution in [1.82, 2.24) is 20.4 Å². The van der Waals surface area contributed by atoms with Crippen LogP contribution in [-0.4, -0.2) is 40.1 Å². The lowest BCUT2D eigenvalue weighted by Crippen LogP contribution is -2.37. The Morgan fingerprint density at radius 1 is 1.19 bits per heavy atom. The lowest BCUT2D eigenvalue weighted by atomic mass is 10.1. The van der Waals surface area contributed by atoms with E-state index in [9.17, 15) is 18.0 Å². The number of carbonyl (C=O) groups is 1. The summed E-state index contributed by atoms with van der Waals surface area (Å²) in [6.07, 6.45) is -3.84. The van der Waals surface area contributed by atoms with Crippen molar-refractivity contribution in [3.63, 3.8) is 0 Å². The SMILES string of the molecule is Cc1ccccc1CN1CC[C@H](NC(=O)c2ccc(-c3noc(C(F)(F)F)n3)cc2)C1. The van der Waals surface area contributed by atoms with Gasteiger partial charge < -0.3 is 9.84 Å². The van der Waals surface area contributed by atoms with Crippen LogP contribution in [0.25, 0.3) is 11.4 Å². The average Bonchev–Trinajstić information content (AvgIpc) is 3.40. The van der Waals surface area contributed by atoms with Crippen molar-refractivity contribution in [2.24, 2.45) is 0 Å². The lowest BCUT2D eigenvalue weighted by molar-refractivity contribution is -0.159. The number of aromatic nitrogens is 2. The number of hydrogen-bond acceptors (Lipinski definition) is 5. The number of carbonyl (C=O) groups excluding carboxylic acids is 1. The molecular formula is C22H21F3N4O2. The molecule has 0 radical (unpaired) electrons. The van der Waals surface area contributed by atoms with Gasteiger partial charge in [0.05, 0.1) is 0 Å². The van der Waals surface area contributed by atoms with Crippen molar-refractivity contribution in [3.05, 3.63) is 71.1 Å². The van der Waals surface area contributed by atoms with E-state index in [-0.39, 0.29) is 17.8 Å². The van der Waals surface area contributed by atoms with Gasteiger partial charge in [0.25, 0.3) is 5.91 Å². The zero-order chi connectivity index (χ0) is 22.0. The first kappa shape index (κ1) is 21.0. The second-order valence-electron chi connectivity index (χ2n) is 7.62. The molecule has 0 unspecified atom stereocenters. The zero-order valence-electron chi connectivity index (χ0n) is 16.8. The van der Waals surface area contributed by atoms with E-state index in [1.54, 1.807) is 0 Å². The topological polar surface area (TPSA) is 71.3 Å². The fourth-order valence-corrected chi connectivity index (χ4v) is 3.62. The predicted molar refractivity (Wildman–Crippen MR) is 107 cm³/mol. The van der Waals surface area contributed by atoms with E-state index in [0.29, 0.717) is 11.1 Å². The Morgan fingerprint density at radius 3 is 2.61 bits per heavy atom. The molecule has 0 bridgehead atoms. The molecule has 9 heteroatoms. The molecule has 0 saturated carbocycles. The van der Waals surface area contributed by atoms with Crippen LogP contribution in [0, 0.1) is 6.92 Å². The van der Waals surface area contributed by atoms with Gasteiger partial charge in [-0.05, 0) is 36.6 Å². The summed E-state index contributed by atoms with van der Waals surface area (Å²) < 4.78 is 42.0.